The summed E-state index contributed by atoms with van der Waals surface area (Å²) in [6.07, 6.45) is 8.88. The number of unbranched alkanes of at least 4 members (excludes halogenated alkanes) is 1. The molecule has 0 atom stereocenters. The summed E-state index contributed by atoms with van der Waals surface area (Å²) in [7, 11) is 0. The van der Waals surface area contributed by atoms with Crippen LogP contribution >= 0.6 is 0 Å². The van der Waals surface area contributed by atoms with Gasteiger partial charge >= 0.3 is 11.9 Å². The normalized spacial score (nSPS) is 11.2. The minimum absolute atomic E-state index is 0.110. The molecule has 0 unspecified atom stereocenters. The second-order valence-corrected chi connectivity index (χ2v) is 10.3. The number of carboxylic acid groups (broad SMARTS) is 2. The second-order valence-electron chi connectivity index (χ2n) is 10.3. The molecule has 42 heavy (non-hydrogen) atoms. The number of nitrogens with zero attached hydrogens (tertiary/aromatic N) is 1. The number of rotatable bonds is 13. The van der Waals surface area contributed by atoms with Crippen LogP contribution in [0.5, 0.6) is 5.75 Å². The maximum atomic E-state index is 11.7. The highest BCUT2D eigenvalue weighted by atomic mass is 16.5. The lowest BCUT2D eigenvalue weighted by Gasteiger charge is -2.08. The summed E-state index contributed by atoms with van der Waals surface area (Å²) in [6, 6.07) is 31.1. The Kier molecular flexibility index (Phi) is 9.14. The number of aliphatic carboxylic acids is 1. The number of benzene rings is 4. The van der Waals surface area contributed by atoms with Crippen molar-refractivity contribution in [3.05, 3.63) is 137 Å². The molecule has 0 amide bonds. The van der Waals surface area contributed by atoms with E-state index in [2.05, 4.69) is 24.3 Å². The van der Waals surface area contributed by atoms with Gasteiger partial charge in [0, 0.05) is 23.6 Å². The van der Waals surface area contributed by atoms with E-state index in [0.29, 0.717) is 18.7 Å². The number of aromatic nitrogens is 1. The van der Waals surface area contributed by atoms with Gasteiger partial charge in [0.1, 0.15) is 5.75 Å². The summed E-state index contributed by atoms with van der Waals surface area (Å²) < 4.78 is 7.91. The number of aryl methyl sites for hydroxylation is 1. The highest BCUT2D eigenvalue weighted by Gasteiger charge is 2.15. The lowest BCUT2D eigenvalue weighted by molar-refractivity contribution is -0.136. The summed E-state index contributed by atoms with van der Waals surface area (Å²) in [5.74, 6) is -1.05. The van der Waals surface area contributed by atoms with E-state index < -0.39 is 11.9 Å². The minimum Gasteiger partial charge on any atom is -0.494 e. The highest BCUT2D eigenvalue weighted by molar-refractivity contribution is 5.96. The summed E-state index contributed by atoms with van der Waals surface area (Å²) in [5.41, 5.74) is 5.93. The first-order valence-electron chi connectivity index (χ1n) is 14.1. The van der Waals surface area contributed by atoms with Crippen LogP contribution in [0.3, 0.4) is 0 Å². The molecule has 0 aliphatic carbocycles. The highest BCUT2D eigenvalue weighted by Crippen LogP contribution is 2.29. The molecular weight excluding hydrogens is 526 g/mol. The molecule has 5 rings (SSSR count). The first-order valence-corrected chi connectivity index (χ1v) is 14.1. The van der Waals surface area contributed by atoms with Gasteiger partial charge < -0.3 is 19.5 Å². The van der Waals surface area contributed by atoms with Crippen molar-refractivity contribution in [2.75, 3.05) is 6.61 Å². The third-order valence-corrected chi connectivity index (χ3v) is 7.19. The molecule has 4 aromatic carbocycles. The number of hydrogen-bond acceptors (Lipinski definition) is 3. The van der Waals surface area contributed by atoms with Crippen molar-refractivity contribution in [2.24, 2.45) is 0 Å². The Morgan fingerprint density at radius 1 is 0.786 bits per heavy atom. The van der Waals surface area contributed by atoms with Crippen LogP contribution < -0.4 is 4.74 Å². The van der Waals surface area contributed by atoms with E-state index >= 15 is 0 Å². The van der Waals surface area contributed by atoms with Gasteiger partial charge in [-0.1, -0.05) is 78.9 Å². The van der Waals surface area contributed by atoms with E-state index in [0.717, 1.165) is 52.6 Å². The molecule has 212 valence electrons. The summed E-state index contributed by atoms with van der Waals surface area (Å²) >= 11 is 0. The molecule has 0 aliphatic rings. The van der Waals surface area contributed by atoms with Gasteiger partial charge in [-0.2, -0.15) is 0 Å². The minimum atomic E-state index is -0.980. The van der Waals surface area contributed by atoms with Crippen LogP contribution in [0.15, 0.2) is 103 Å². The van der Waals surface area contributed by atoms with Crippen molar-refractivity contribution in [3.8, 4) is 5.75 Å². The zero-order valence-electron chi connectivity index (χ0n) is 23.3. The van der Waals surface area contributed by atoms with E-state index in [9.17, 15) is 19.8 Å². The molecule has 0 saturated carbocycles. The third-order valence-electron chi connectivity index (χ3n) is 7.19. The summed E-state index contributed by atoms with van der Waals surface area (Å²) in [6.45, 7) is 1.10. The van der Waals surface area contributed by atoms with E-state index in [4.69, 9.17) is 4.74 Å². The molecule has 0 spiro atoms. The van der Waals surface area contributed by atoms with Crippen LogP contribution in [0.4, 0.5) is 0 Å². The van der Waals surface area contributed by atoms with Crippen LogP contribution in [-0.4, -0.2) is 33.3 Å². The molecular formula is C36H33NO5. The first-order chi connectivity index (χ1) is 20.5. The molecule has 1 aromatic heterocycles. The van der Waals surface area contributed by atoms with Gasteiger partial charge in [0.15, 0.2) is 0 Å². The van der Waals surface area contributed by atoms with E-state index in [1.807, 2.05) is 77.5 Å². The first kappa shape index (κ1) is 28.4. The molecule has 6 nitrogen and oxygen atoms in total. The van der Waals surface area contributed by atoms with Crippen LogP contribution in [0.1, 0.15) is 51.0 Å². The summed E-state index contributed by atoms with van der Waals surface area (Å²) in [4.78, 5) is 23.1. The number of fused-ring (bicyclic) bond motifs is 1. The van der Waals surface area contributed by atoms with Gasteiger partial charge in [-0.25, -0.2) is 4.79 Å². The Balaban J connectivity index is 1.28. The zero-order chi connectivity index (χ0) is 29.3. The smallest absolute Gasteiger partial charge is 0.335 e. The molecule has 0 aliphatic heterocycles. The van der Waals surface area contributed by atoms with E-state index in [-0.39, 0.29) is 12.0 Å². The third kappa shape index (κ3) is 7.34. The van der Waals surface area contributed by atoms with Crippen molar-refractivity contribution in [2.45, 2.75) is 32.2 Å². The lowest BCUT2D eigenvalue weighted by Crippen LogP contribution is -2.02. The Morgan fingerprint density at radius 3 is 2.31 bits per heavy atom. The Morgan fingerprint density at radius 2 is 1.55 bits per heavy atom. The predicted molar refractivity (Wildman–Crippen MR) is 166 cm³/mol. The maximum Gasteiger partial charge on any atom is 0.335 e. The number of carboxylic acids is 2. The van der Waals surface area contributed by atoms with Crippen molar-refractivity contribution < 1.29 is 24.5 Å². The van der Waals surface area contributed by atoms with Crippen LogP contribution in [0, 0.1) is 0 Å². The zero-order valence-corrected chi connectivity index (χ0v) is 23.3. The lowest BCUT2D eigenvalue weighted by atomic mass is 10.0. The van der Waals surface area contributed by atoms with Crippen molar-refractivity contribution in [1.82, 2.24) is 4.57 Å². The molecule has 0 saturated heterocycles. The van der Waals surface area contributed by atoms with E-state index in [1.54, 1.807) is 18.2 Å². The monoisotopic (exact) mass is 559 g/mol. The fraction of sp³-hybridized carbons (Fsp3) is 0.167. The molecule has 2 N–H and O–H groups in total. The average molecular weight is 560 g/mol. The average Bonchev–Trinajstić information content (AvgIpc) is 3.33. The van der Waals surface area contributed by atoms with Gasteiger partial charge in [0.25, 0.3) is 0 Å². The van der Waals surface area contributed by atoms with Crippen molar-refractivity contribution in [1.29, 1.82) is 0 Å². The SMILES string of the molecule is O=C(O)Cc1cn(Cc2cccc(C(=O)O)c2)c2cccc(C=Cc3ccc(OCCCCc4ccccc4)cc3)c12. The molecule has 5 aromatic rings. The largest absolute Gasteiger partial charge is 0.494 e. The van der Waals surface area contributed by atoms with Crippen molar-refractivity contribution in [3.63, 3.8) is 0 Å². The van der Waals surface area contributed by atoms with Crippen LogP contribution in [-0.2, 0) is 24.2 Å². The number of carbonyl (C=O) groups is 2. The molecule has 6 heteroatoms. The van der Waals surface area contributed by atoms with Gasteiger partial charge in [0.2, 0.25) is 0 Å². The topological polar surface area (TPSA) is 88.8 Å². The van der Waals surface area contributed by atoms with Gasteiger partial charge in [-0.3, -0.25) is 4.79 Å². The molecule has 0 bridgehead atoms. The van der Waals surface area contributed by atoms with E-state index in [1.165, 1.54) is 5.56 Å². The molecule has 1 heterocycles. The quantitative estimate of drug-likeness (QED) is 0.115. The Hall–Kier alpha value is -5.10. The van der Waals surface area contributed by atoms with Gasteiger partial charge in [-0.05, 0) is 77.4 Å². The van der Waals surface area contributed by atoms with Crippen LogP contribution in [0.2, 0.25) is 0 Å². The number of hydrogen-bond donors (Lipinski definition) is 2. The number of aromatic carboxylic acids is 1. The maximum absolute atomic E-state index is 11.7. The van der Waals surface area contributed by atoms with Crippen molar-refractivity contribution >= 4 is 35.0 Å². The van der Waals surface area contributed by atoms with Crippen LogP contribution in [0.25, 0.3) is 23.1 Å². The standard InChI is InChI=1S/C36H33NO5/c38-34(39)23-31-25-37(24-28-11-6-13-30(22-28)36(40)41)33-14-7-12-29(35(31)33)18-15-27-16-19-32(20-17-27)42-21-5-4-10-26-8-2-1-3-9-26/h1-3,6-9,11-20,22,25H,4-5,10,21,23-24H2,(H,38,39)(H,40,41). The Bertz CT molecular complexity index is 1700. The predicted octanol–water partition coefficient (Wildman–Crippen LogP) is 7.59. The Labute approximate surface area is 245 Å². The summed E-state index contributed by atoms with van der Waals surface area (Å²) in [5, 5.41) is 19.8. The van der Waals surface area contributed by atoms with Gasteiger partial charge in [0.05, 0.1) is 18.6 Å². The fourth-order valence-corrected chi connectivity index (χ4v) is 5.16. The molecule has 0 fully saturated rings. The van der Waals surface area contributed by atoms with Gasteiger partial charge in [-0.15, -0.1) is 0 Å². The number of ether oxygens (including phenoxy) is 1. The second kappa shape index (κ2) is 13.5. The fourth-order valence-electron chi connectivity index (χ4n) is 5.16. The molecule has 0 radical (unpaired) electrons.